The molecule has 6 nitrogen and oxygen atoms in total. The van der Waals surface area contributed by atoms with E-state index in [0.29, 0.717) is 24.3 Å². The van der Waals surface area contributed by atoms with Gasteiger partial charge in [0.15, 0.2) is 6.40 Å². The Morgan fingerprint density at radius 2 is 2.38 bits per heavy atom. The maximum absolute atomic E-state index is 11.6. The van der Waals surface area contributed by atoms with E-state index in [1.807, 2.05) is 25.1 Å². The Hall–Kier alpha value is -3.07. The molecule has 0 saturated heterocycles. The first-order chi connectivity index (χ1) is 11.7. The molecule has 1 aromatic heterocycles. The summed E-state index contributed by atoms with van der Waals surface area (Å²) in [7, 11) is 0. The maximum atomic E-state index is 11.6. The van der Waals surface area contributed by atoms with Crippen molar-refractivity contribution in [2.75, 3.05) is 18.1 Å². The zero-order valence-electron chi connectivity index (χ0n) is 13.6. The lowest BCUT2D eigenvalue weighted by molar-refractivity contribution is -0.116. The molecule has 0 atom stereocenters. The number of benzene rings is 1. The summed E-state index contributed by atoms with van der Waals surface area (Å²) in [6, 6.07) is 7.94. The molecule has 0 bridgehead atoms. The molecule has 0 radical (unpaired) electrons. The molecule has 0 spiro atoms. The number of nitrogens with zero attached hydrogens (tertiary/aromatic N) is 3. The van der Waals surface area contributed by atoms with E-state index >= 15 is 0 Å². The average Bonchev–Trinajstić information content (AvgIpc) is 3.17. The highest BCUT2D eigenvalue weighted by molar-refractivity contribution is 5.94. The van der Waals surface area contributed by atoms with Crippen LogP contribution in [0.5, 0.6) is 0 Å². The predicted octanol–water partition coefficient (Wildman–Crippen LogP) is 3.42. The fourth-order valence-corrected chi connectivity index (χ4v) is 2.82. The van der Waals surface area contributed by atoms with Crippen molar-refractivity contribution in [1.82, 2.24) is 0 Å². The van der Waals surface area contributed by atoms with Crippen molar-refractivity contribution >= 4 is 23.9 Å². The van der Waals surface area contributed by atoms with Crippen LogP contribution in [0.1, 0.15) is 25.0 Å². The maximum Gasteiger partial charge on any atom is 0.240 e. The molecule has 6 heteroatoms. The summed E-state index contributed by atoms with van der Waals surface area (Å²) in [5.41, 5.74) is 3.95. The van der Waals surface area contributed by atoms with Crippen LogP contribution in [0.3, 0.4) is 0 Å². The minimum Gasteiger partial charge on any atom is -0.483 e. The summed E-state index contributed by atoms with van der Waals surface area (Å²) in [4.78, 5) is 17.4. The standard InChI is InChI=1S/C18H17N3O3/c1-3-23-11-20-18-15(9-19)16(10-24-18)13-4-5-17-14(8-13)6-7-21(17)12(2)22/h4-5,8,10-11H,3,6-7H2,1-2H3/b20-11+. The largest absolute Gasteiger partial charge is 0.483 e. The summed E-state index contributed by atoms with van der Waals surface area (Å²) in [6.45, 7) is 4.60. The number of hydrogen-bond donors (Lipinski definition) is 0. The molecule has 1 aliphatic rings. The Labute approximate surface area is 140 Å². The fraction of sp³-hybridized carbons (Fsp3) is 0.278. The van der Waals surface area contributed by atoms with E-state index < -0.39 is 0 Å². The van der Waals surface area contributed by atoms with Crippen molar-refractivity contribution in [3.63, 3.8) is 0 Å². The second-order valence-corrected chi connectivity index (χ2v) is 5.40. The predicted molar refractivity (Wildman–Crippen MR) is 90.4 cm³/mol. The number of rotatable bonds is 4. The number of ether oxygens (including phenoxy) is 1. The van der Waals surface area contributed by atoms with Gasteiger partial charge < -0.3 is 14.1 Å². The van der Waals surface area contributed by atoms with Gasteiger partial charge in [0.1, 0.15) is 17.9 Å². The Morgan fingerprint density at radius 1 is 1.54 bits per heavy atom. The quantitative estimate of drug-likeness (QED) is 0.638. The lowest BCUT2D eigenvalue weighted by Gasteiger charge is -2.14. The zero-order chi connectivity index (χ0) is 17.1. The van der Waals surface area contributed by atoms with E-state index in [4.69, 9.17) is 9.15 Å². The molecule has 1 aliphatic heterocycles. The highest BCUT2D eigenvalue weighted by Crippen LogP contribution is 2.36. The van der Waals surface area contributed by atoms with E-state index in [-0.39, 0.29) is 11.8 Å². The summed E-state index contributed by atoms with van der Waals surface area (Å²) in [5.74, 6) is 0.266. The SMILES string of the molecule is CCO/C=N/c1occ(-c2ccc3c(c2)CCN3C(C)=O)c1C#N. The van der Waals surface area contributed by atoms with Crippen LogP contribution >= 0.6 is 0 Å². The van der Waals surface area contributed by atoms with E-state index in [9.17, 15) is 10.1 Å². The second-order valence-electron chi connectivity index (χ2n) is 5.40. The van der Waals surface area contributed by atoms with Crippen molar-refractivity contribution in [3.05, 3.63) is 35.6 Å². The number of amides is 1. The minimum atomic E-state index is 0.0371. The van der Waals surface area contributed by atoms with Gasteiger partial charge in [0, 0.05) is 24.7 Å². The molecule has 1 amide bonds. The van der Waals surface area contributed by atoms with Crippen LogP contribution in [-0.4, -0.2) is 25.5 Å². The van der Waals surface area contributed by atoms with Crippen molar-refractivity contribution < 1.29 is 13.9 Å². The third-order valence-corrected chi connectivity index (χ3v) is 3.96. The highest BCUT2D eigenvalue weighted by atomic mass is 16.5. The highest BCUT2D eigenvalue weighted by Gasteiger charge is 2.23. The Balaban J connectivity index is 1.96. The van der Waals surface area contributed by atoms with Gasteiger partial charge in [-0.15, -0.1) is 0 Å². The van der Waals surface area contributed by atoms with Crippen molar-refractivity contribution in [2.24, 2.45) is 4.99 Å². The fourth-order valence-electron chi connectivity index (χ4n) is 2.82. The number of hydrogen-bond acceptors (Lipinski definition) is 5. The van der Waals surface area contributed by atoms with Gasteiger partial charge in [-0.1, -0.05) is 6.07 Å². The molecule has 24 heavy (non-hydrogen) atoms. The van der Waals surface area contributed by atoms with Crippen molar-refractivity contribution in [3.8, 4) is 17.2 Å². The lowest BCUT2D eigenvalue weighted by atomic mass is 10.0. The van der Waals surface area contributed by atoms with Crippen LogP contribution in [0.25, 0.3) is 11.1 Å². The number of anilines is 1. The first kappa shape index (κ1) is 15.8. The third-order valence-electron chi connectivity index (χ3n) is 3.96. The van der Waals surface area contributed by atoms with Crippen LogP contribution in [0.15, 0.2) is 33.9 Å². The van der Waals surface area contributed by atoms with Crippen LogP contribution in [-0.2, 0) is 16.0 Å². The van der Waals surface area contributed by atoms with Gasteiger partial charge in [-0.3, -0.25) is 4.79 Å². The molecule has 0 unspecified atom stereocenters. The first-order valence-corrected chi connectivity index (χ1v) is 7.72. The number of furan rings is 1. The summed E-state index contributed by atoms with van der Waals surface area (Å²) in [5, 5.41) is 9.44. The number of carbonyl (C=O) groups excluding carboxylic acids is 1. The van der Waals surface area contributed by atoms with Crippen LogP contribution in [0, 0.1) is 11.3 Å². The molecular weight excluding hydrogens is 306 g/mol. The van der Waals surface area contributed by atoms with Crippen LogP contribution in [0.2, 0.25) is 0 Å². The molecule has 2 heterocycles. The summed E-state index contributed by atoms with van der Waals surface area (Å²) < 4.78 is 10.4. The summed E-state index contributed by atoms with van der Waals surface area (Å²) in [6.07, 6.45) is 3.60. The molecule has 1 aromatic carbocycles. The molecule has 2 aromatic rings. The van der Waals surface area contributed by atoms with Crippen LogP contribution < -0.4 is 4.90 Å². The molecule has 3 rings (SSSR count). The van der Waals surface area contributed by atoms with E-state index in [1.54, 1.807) is 11.8 Å². The number of aliphatic imine (C=N–C) groups is 1. The molecule has 0 aliphatic carbocycles. The lowest BCUT2D eigenvalue weighted by Crippen LogP contribution is -2.25. The molecule has 0 fully saturated rings. The van der Waals surface area contributed by atoms with Gasteiger partial charge in [0.2, 0.25) is 11.8 Å². The van der Waals surface area contributed by atoms with E-state index in [0.717, 1.165) is 23.2 Å². The Kier molecular flexibility index (Phi) is 4.34. The minimum absolute atomic E-state index is 0.0371. The first-order valence-electron chi connectivity index (χ1n) is 7.72. The topological polar surface area (TPSA) is 78.8 Å². The van der Waals surface area contributed by atoms with E-state index in [1.165, 1.54) is 12.7 Å². The van der Waals surface area contributed by atoms with Crippen LogP contribution in [0.4, 0.5) is 11.6 Å². The Bertz CT molecular complexity index is 846. The van der Waals surface area contributed by atoms with Gasteiger partial charge >= 0.3 is 0 Å². The molecule has 0 saturated carbocycles. The van der Waals surface area contributed by atoms with Gasteiger partial charge in [-0.25, -0.2) is 0 Å². The van der Waals surface area contributed by atoms with Gasteiger partial charge in [-0.2, -0.15) is 10.3 Å². The van der Waals surface area contributed by atoms with Gasteiger partial charge in [0.05, 0.1) is 6.61 Å². The van der Waals surface area contributed by atoms with Gasteiger partial charge in [-0.05, 0) is 36.6 Å². The zero-order valence-corrected chi connectivity index (χ0v) is 13.6. The van der Waals surface area contributed by atoms with E-state index in [2.05, 4.69) is 11.1 Å². The third kappa shape index (κ3) is 2.76. The molecular formula is C18H17N3O3. The monoisotopic (exact) mass is 323 g/mol. The van der Waals surface area contributed by atoms with Crippen molar-refractivity contribution in [2.45, 2.75) is 20.3 Å². The number of nitriles is 1. The van der Waals surface area contributed by atoms with Crippen molar-refractivity contribution in [1.29, 1.82) is 5.26 Å². The smallest absolute Gasteiger partial charge is 0.240 e. The Morgan fingerprint density at radius 3 is 3.08 bits per heavy atom. The number of fused-ring (bicyclic) bond motifs is 1. The summed E-state index contributed by atoms with van der Waals surface area (Å²) >= 11 is 0. The molecule has 122 valence electrons. The normalized spacial score (nSPS) is 13.1. The van der Waals surface area contributed by atoms with Gasteiger partial charge in [0.25, 0.3) is 0 Å². The molecule has 0 N–H and O–H groups in total. The average molecular weight is 323 g/mol. The number of carbonyl (C=O) groups is 1. The second kappa shape index (κ2) is 6.59.